The van der Waals surface area contributed by atoms with Crippen LogP contribution in [0.1, 0.15) is 6.92 Å². The first kappa shape index (κ1) is 16.4. The lowest BCUT2D eigenvalue weighted by Crippen LogP contribution is -2.45. The molecule has 1 fully saturated rings. The molecule has 0 saturated carbocycles. The average molecular weight is 318 g/mol. The van der Waals surface area contributed by atoms with E-state index in [-0.39, 0.29) is 24.1 Å². The van der Waals surface area contributed by atoms with Crippen LogP contribution in [0.2, 0.25) is 0 Å². The molecule has 2 heterocycles. The van der Waals surface area contributed by atoms with Crippen LogP contribution in [0.15, 0.2) is 17.3 Å². The van der Waals surface area contributed by atoms with Crippen LogP contribution in [0.25, 0.3) is 0 Å². The SMILES string of the molecule is CC(CN1CCOCC1)NS(=O)(=O)c1cnn(CCO)c1. The summed E-state index contributed by atoms with van der Waals surface area (Å²) < 4.78 is 33.8. The first-order valence-corrected chi connectivity index (χ1v) is 8.45. The van der Waals surface area contributed by atoms with Gasteiger partial charge in [-0.1, -0.05) is 0 Å². The molecule has 2 N–H and O–H groups in total. The molecule has 1 atom stereocenters. The smallest absolute Gasteiger partial charge is 0.243 e. The summed E-state index contributed by atoms with van der Waals surface area (Å²) in [5.41, 5.74) is 0. The predicted molar refractivity (Wildman–Crippen MR) is 76.4 cm³/mol. The van der Waals surface area contributed by atoms with E-state index in [1.807, 2.05) is 6.92 Å². The number of hydrogen-bond donors (Lipinski definition) is 2. The molecule has 1 unspecified atom stereocenters. The van der Waals surface area contributed by atoms with E-state index < -0.39 is 10.0 Å². The Kier molecular flexibility index (Phi) is 5.71. The number of nitrogens with one attached hydrogen (secondary N) is 1. The second-order valence-corrected chi connectivity index (χ2v) is 6.81. The van der Waals surface area contributed by atoms with Crippen LogP contribution in [0.3, 0.4) is 0 Å². The quantitative estimate of drug-likeness (QED) is 0.661. The molecule has 0 aromatic carbocycles. The second kappa shape index (κ2) is 7.32. The summed E-state index contributed by atoms with van der Waals surface area (Å²) in [6.45, 7) is 5.70. The molecule has 1 aliphatic rings. The molecular weight excluding hydrogens is 296 g/mol. The van der Waals surface area contributed by atoms with Crippen molar-refractivity contribution in [1.82, 2.24) is 19.4 Å². The Bertz CT molecular complexity index is 539. The van der Waals surface area contributed by atoms with Gasteiger partial charge in [-0.2, -0.15) is 5.10 Å². The third kappa shape index (κ3) is 4.75. The molecule has 0 amide bonds. The zero-order chi connectivity index (χ0) is 15.3. The van der Waals surface area contributed by atoms with Crippen LogP contribution in [-0.2, 0) is 21.3 Å². The summed E-state index contributed by atoms with van der Waals surface area (Å²) in [6, 6.07) is -0.200. The van der Waals surface area contributed by atoms with Gasteiger partial charge in [0.2, 0.25) is 10.0 Å². The number of ether oxygens (including phenoxy) is 1. The summed E-state index contributed by atoms with van der Waals surface area (Å²) in [5.74, 6) is 0. The van der Waals surface area contributed by atoms with Gasteiger partial charge in [0.1, 0.15) is 4.90 Å². The van der Waals surface area contributed by atoms with Gasteiger partial charge in [0.15, 0.2) is 0 Å². The van der Waals surface area contributed by atoms with Crippen molar-refractivity contribution in [2.45, 2.75) is 24.4 Å². The molecule has 21 heavy (non-hydrogen) atoms. The molecule has 2 rings (SSSR count). The summed E-state index contributed by atoms with van der Waals surface area (Å²) in [7, 11) is -3.58. The van der Waals surface area contributed by atoms with Crippen molar-refractivity contribution >= 4 is 10.0 Å². The minimum Gasteiger partial charge on any atom is -0.394 e. The van der Waals surface area contributed by atoms with Crippen molar-refractivity contribution in [3.05, 3.63) is 12.4 Å². The van der Waals surface area contributed by atoms with E-state index in [0.717, 1.165) is 13.1 Å². The normalized spacial score (nSPS) is 18.8. The molecule has 0 radical (unpaired) electrons. The summed E-state index contributed by atoms with van der Waals surface area (Å²) in [4.78, 5) is 2.29. The molecular formula is C12H22N4O4S. The van der Waals surface area contributed by atoms with Crippen molar-refractivity contribution in [2.24, 2.45) is 0 Å². The number of morpholine rings is 1. The lowest BCUT2D eigenvalue weighted by molar-refractivity contribution is 0.0354. The van der Waals surface area contributed by atoms with Crippen molar-refractivity contribution in [3.8, 4) is 0 Å². The van der Waals surface area contributed by atoms with Crippen molar-refractivity contribution in [3.63, 3.8) is 0 Å². The molecule has 120 valence electrons. The topological polar surface area (TPSA) is 96.7 Å². The molecule has 0 bridgehead atoms. The molecule has 1 saturated heterocycles. The van der Waals surface area contributed by atoms with Gasteiger partial charge in [0.05, 0.1) is 32.6 Å². The van der Waals surface area contributed by atoms with Gasteiger partial charge in [-0.05, 0) is 6.92 Å². The lowest BCUT2D eigenvalue weighted by Gasteiger charge is -2.29. The molecule has 9 heteroatoms. The van der Waals surface area contributed by atoms with E-state index in [4.69, 9.17) is 9.84 Å². The van der Waals surface area contributed by atoms with Crippen LogP contribution >= 0.6 is 0 Å². The van der Waals surface area contributed by atoms with E-state index >= 15 is 0 Å². The number of sulfonamides is 1. The van der Waals surface area contributed by atoms with Crippen LogP contribution < -0.4 is 4.72 Å². The number of hydrogen-bond acceptors (Lipinski definition) is 6. The van der Waals surface area contributed by atoms with Crippen molar-refractivity contribution in [2.75, 3.05) is 39.5 Å². The highest BCUT2D eigenvalue weighted by molar-refractivity contribution is 7.89. The van der Waals surface area contributed by atoms with E-state index in [2.05, 4.69) is 14.7 Å². The minimum atomic E-state index is -3.58. The number of aliphatic hydroxyl groups is 1. The Morgan fingerprint density at radius 1 is 1.48 bits per heavy atom. The Morgan fingerprint density at radius 2 is 2.19 bits per heavy atom. The van der Waals surface area contributed by atoms with Crippen molar-refractivity contribution < 1.29 is 18.3 Å². The first-order chi connectivity index (χ1) is 10.0. The predicted octanol–water partition coefficient (Wildman–Crippen LogP) is -1.13. The second-order valence-electron chi connectivity index (χ2n) is 5.10. The summed E-state index contributed by atoms with van der Waals surface area (Å²) in [6.07, 6.45) is 2.71. The van der Waals surface area contributed by atoms with Gasteiger partial charge in [0.25, 0.3) is 0 Å². The molecule has 8 nitrogen and oxygen atoms in total. The Balaban J connectivity index is 1.92. The molecule has 1 aromatic rings. The third-order valence-corrected chi connectivity index (χ3v) is 4.79. The molecule has 1 aliphatic heterocycles. The van der Waals surface area contributed by atoms with Gasteiger partial charge in [0, 0.05) is 31.9 Å². The standard InChI is InChI=1S/C12H22N4O4S/c1-11(9-15-3-6-20-7-4-15)14-21(18,19)12-8-13-16(10-12)2-5-17/h8,10-11,14,17H,2-7,9H2,1H3. The highest BCUT2D eigenvalue weighted by Gasteiger charge is 2.21. The maximum absolute atomic E-state index is 12.2. The number of nitrogens with zero attached hydrogens (tertiary/aromatic N) is 3. The number of aliphatic hydroxyl groups excluding tert-OH is 1. The van der Waals surface area contributed by atoms with Crippen LogP contribution in [0, 0.1) is 0 Å². The maximum atomic E-state index is 12.2. The van der Waals surface area contributed by atoms with E-state index in [1.165, 1.54) is 17.1 Å². The van der Waals surface area contributed by atoms with E-state index in [9.17, 15) is 8.42 Å². The van der Waals surface area contributed by atoms with Gasteiger partial charge >= 0.3 is 0 Å². The highest BCUT2D eigenvalue weighted by atomic mass is 32.2. The summed E-state index contributed by atoms with van der Waals surface area (Å²) in [5, 5.41) is 12.7. The fourth-order valence-corrected chi connectivity index (χ4v) is 3.44. The van der Waals surface area contributed by atoms with Gasteiger partial charge in [-0.3, -0.25) is 9.58 Å². The zero-order valence-corrected chi connectivity index (χ0v) is 12.9. The third-order valence-electron chi connectivity index (χ3n) is 3.24. The maximum Gasteiger partial charge on any atom is 0.243 e. The first-order valence-electron chi connectivity index (χ1n) is 6.97. The fraction of sp³-hybridized carbons (Fsp3) is 0.750. The van der Waals surface area contributed by atoms with Crippen LogP contribution in [0.4, 0.5) is 0 Å². The van der Waals surface area contributed by atoms with Gasteiger partial charge in [-0.15, -0.1) is 0 Å². The molecule has 0 spiro atoms. The van der Waals surface area contributed by atoms with Crippen LogP contribution in [0.5, 0.6) is 0 Å². The van der Waals surface area contributed by atoms with Crippen LogP contribution in [-0.4, -0.2) is 73.7 Å². The van der Waals surface area contributed by atoms with Gasteiger partial charge in [-0.25, -0.2) is 13.1 Å². The van der Waals surface area contributed by atoms with Crippen molar-refractivity contribution in [1.29, 1.82) is 0 Å². The zero-order valence-electron chi connectivity index (χ0n) is 12.1. The lowest BCUT2D eigenvalue weighted by atomic mass is 10.3. The minimum absolute atomic E-state index is 0.0813. The Labute approximate surface area is 124 Å². The number of aromatic nitrogens is 2. The largest absolute Gasteiger partial charge is 0.394 e. The highest BCUT2D eigenvalue weighted by Crippen LogP contribution is 2.08. The monoisotopic (exact) mass is 318 g/mol. The Hall–Kier alpha value is -1.00. The average Bonchev–Trinajstić information content (AvgIpc) is 2.89. The van der Waals surface area contributed by atoms with Gasteiger partial charge < -0.3 is 9.84 Å². The Morgan fingerprint density at radius 3 is 2.86 bits per heavy atom. The molecule has 0 aliphatic carbocycles. The number of rotatable bonds is 7. The molecule has 1 aromatic heterocycles. The summed E-state index contributed by atoms with van der Waals surface area (Å²) >= 11 is 0. The van der Waals surface area contributed by atoms with E-state index in [0.29, 0.717) is 19.8 Å². The fourth-order valence-electron chi connectivity index (χ4n) is 2.25. The van der Waals surface area contributed by atoms with E-state index in [1.54, 1.807) is 0 Å².